The van der Waals surface area contributed by atoms with Gasteiger partial charge >= 0.3 is 17.9 Å². The predicted octanol–water partition coefficient (Wildman–Crippen LogP) is 1.42. The van der Waals surface area contributed by atoms with E-state index in [1.54, 1.807) is 6.07 Å². The molecule has 1 rings (SSSR count). The van der Waals surface area contributed by atoms with E-state index in [0.29, 0.717) is 18.4 Å². The van der Waals surface area contributed by atoms with Gasteiger partial charge in [0, 0.05) is 6.42 Å². The van der Waals surface area contributed by atoms with Crippen LogP contribution in [0.3, 0.4) is 0 Å². The van der Waals surface area contributed by atoms with Crippen LogP contribution in [0.4, 0.5) is 0 Å². The average molecular weight is 266 g/mol. The molecule has 0 unspecified atom stereocenters. The van der Waals surface area contributed by atoms with E-state index in [-0.39, 0.29) is 24.0 Å². The molecule has 0 amide bonds. The average Bonchev–Trinajstić information content (AvgIpc) is 2.29. The third kappa shape index (κ3) is 4.42. The van der Waals surface area contributed by atoms with Gasteiger partial charge in [-0.3, -0.25) is 9.59 Å². The fourth-order valence-electron chi connectivity index (χ4n) is 1.86. The molecule has 0 aromatic heterocycles. The molecule has 0 radical (unpaired) electrons. The number of aromatic carboxylic acids is 1. The first-order chi connectivity index (χ1) is 8.91. The van der Waals surface area contributed by atoms with Gasteiger partial charge < -0.3 is 15.3 Å². The van der Waals surface area contributed by atoms with Crippen LogP contribution < -0.4 is 0 Å². The Morgan fingerprint density at radius 1 is 1.00 bits per heavy atom. The van der Waals surface area contributed by atoms with Crippen LogP contribution in [0.2, 0.25) is 0 Å². The molecule has 0 fully saturated rings. The van der Waals surface area contributed by atoms with Crippen LogP contribution in [0, 0.1) is 0 Å². The van der Waals surface area contributed by atoms with E-state index < -0.39 is 17.9 Å². The molecule has 19 heavy (non-hydrogen) atoms. The quantitative estimate of drug-likeness (QED) is 0.688. The summed E-state index contributed by atoms with van der Waals surface area (Å²) in [5.74, 6) is -3.24. The smallest absolute Gasteiger partial charge is 0.335 e. The molecule has 0 aliphatic carbocycles. The van der Waals surface area contributed by atoms with Gasteiger partial charge in [-0.05, 0) is 30.0 Å². The van der Waals surface area contributed by atoms with Gasteiger partial charge in [0.2, 0.25) is 0 Å². The minimum absolute atomic E-state index is 0.0379. The molecule has 0 heterocycles. The second kappa shape index (κ2) is 6.53. The van der Waals surface area contributed by atoms with Gasteiger partial charge in [0.15, 0.2) is 0 Å². The minimum atomic E-state index is -1.18. The number of aliphatic carboxylic acids is 2. The standard InChI is InChI=1S/C13H14O6/c14-11(15)6-2-4-8-3-1-5-9(13(18)19)10(8)7-12(16)17/h1,3,5H,2,4,6-7H2,(H,14,15)(H,16,17)(H,18,19). The van der Waals surface area contributed by atoms with Crippen LogP contribution in [-0.2, 0) is 22.4 Å². The zero-order valence-corrected chi connectivity index (χ0v) is 10.1. The molecule has 1 aromatic carbocycles. The van der Waals surface area contributed by atoms with Crippen molar-refractivity contribution in [1.82, 2.24) is 0 Å². The van der Waals surface area contributed by atoms with Gasteiger partial charge in [-0.1, -0.05) is 12.1 Å². The summed E-state index contributed by atoms with van der Waals surface area (Å²) in [5.41, 5.74) is 0.770. The normalized spacial score (nSPS) is 10.1. The third-order valence-corrected chi connectivity index (χ3v) is 2.67. The monoisotopic (exact) mass is 266 g/mol. The van der Waals surface area contributed by atoms with Gasteiger partial charge in [-0.2, -0.15) is 0 Å². The van der Waals surface area contributed by atoms with E-state index in [9.17, 15) is 14.4 Å². The van der Waals surface area contributed by atoms with Crippen molar-refractivity contribution in [2.75, 3.05) is 0 Å². The highest BCUT2D eigenvalue weighted by atomic mass is 16.4. The maximum atomic E-state index is 11.1. The fourth-order valence-corrected chi connectivity index (χ4v) is 1.86. The summed E-state index contributed by atoms with van der Waals surface area (Å²) in [6.07, 6.45) is 0.260. The first-order valence-corrected chi connectivity index (χ1v) is 5.69. The summed E-state index contributed by atoms with van der Waals surface area (Å²) in [6.45, 7) is 0. The van der Waals surface area contributed by atoms with Gasteiger partial charge in [-0.25, -0.2) is 4.79 Å². The van der Waals surface area contributed by atoms with Crippen molar-refractivity contribution in [2.24, 2.45) is 0 Å². The number of hydrogen-bond acceptors (Lipinski definition) is 3. The molecule has 0 spiro atoms. The summed E-state index contributed by atoms with van der Waals surface area (Å²) in [5, 5.41) is 26.4. The van der Waals surface area contributed by atoms with E-state index in [1.165, 1.54) is 12.1 Å². The van der Waals surface area contributed by atoms with Crippen molar-refractivity contribution in [3.8, 4) is 0 Å². The molecule has 102 valence electrons. The molecule has 0 aliphatic heterocycles. The van der Waals surface area contributed by atoms with Crippen molar-refractivity contribution >= 4 is 17.9 Å². The van der Waals surface area contributed by atoms with E-state index in [0.717, 1.165) is 0 Å². The molecule has 0 saturated carbocycles. The Bertz CT molecular complexity index is 506. The Kier molecular flexibility index (Phi) is 5.05. The molecular weight excluding hydrogens is 252 g/mol. The van der Waals surface area contributed by atoms with Crippen molar-refractivity contribution in [3.63, 3.8) is 0 Å². The summed E-state index contributed by atoms with van der Waals surface area (Å²) in [7, 11) is 0. The van der Waals surface area contributed by atoms with E-state index >= 15 is 0 Å². The first kappa shape index (κ1) is 14.7. The Balaban J connectivity index is 3.01. The zero-order valence-electron chi connectivity index (χ0n) is 10.1. The number of hydrogen-bond donors (Lipinski definition) is 3. The second-order valence-corrected chi connectivity index (χ2v) is 4.07. The summed E-state index contributed by atoms with van der Waals surface area (Å²) < 4.78 is 0. The predicted molar refractivity (Wildman–Crippen MR) is 65.3 cm³/mol. The number of carbonyl (C=O) groups is 3. The summed E-state index contributed by atoms with van der Waals surface area (Å²) in [6, 6.07) is 4.51. The molecule has 6 heteroatoms. The van der Waals surface area contributed by atoms with E-state index in [2.05, 4.69) is 0 Å². The Labute approximate surface area is 109 Å². The fraction of sp³-hybridized carbons (Fsp3) is 0.308. The van der Waals surface area contributed by atoms with Crippen molar-refractivity contribution < 1.29 is 29.7 Å². The summed E-state index contributed by atoms with van der Waals surface area (Å²) >= 11 is 0. The van der Waals surface area contributed by atoms with Gasteiger partial charge in [0.1, 0.15) is 0 Å². The van der Waals surface area contributed by atoms with Gasteiger partial charge in [-0.15, -0.1) is 0 Å². The van der Waals surface area contributed by atoms with Crippen LogP contribution in [0.1, 0.15) is 34.3 Å². The topological polar surface area (TPSA) is 112 Å². The number of carboxylic acid groups (broad SMARTS) is 3. The van der Waals surface area contributed by atoms with E-state index in [4.69, 9.17) is 15.3 Å². The third-order valence-electron chi connectivity index (χ3n) is 2.67. The SMILES string of the molecule is O=C(O)CCCc1cccc(C(=O)O)c1CC(=O)O. The van der Waals surface area contributed by atoms with Crippen molar-refractivity contribution in [2.45, 2.75) is 25.7 Å². The minimum Gasteiger partial charge on any atom is -0.481 e. The molecule has 1 aromatic rings. The van der Waals surface area contributed by atoms with Crippen LogP contribution in [0.5, 0.6) is 0 Å². The molecule has 0 saturated heterocycles. The van der Waals surface area contributed by atoms with Crippen LogP contribution in [0.25, 0.3) is 0 Å². The largest absolute Gasteiger partial charge is 0.481 e. The maximum Gasteiger partial charge on any atom is 0.335 e. The number of rotatable bonds is 7. The van der Waals surface area contributed by atoms with Crippen molar-refractivity contribution in [3.05, 3.63) is 34.9 Å². The van der Waals surface area contributed by atoms with E-state index in [1.807, 2.05) is 0 Å². The molecule has 0 bridgehead atoms. The molecule has 6 nitrogen and oxygen atoms in total. The highest BCUT2D eigenvalue weighted by Gasteiger charge is 2.16. The lowest BCUT2D eigenvalue weighted by atomic mass is 9.95. The zero-order chi connectivity index (χ0) is 14.4. The Hall–Kier alpha value is -2.37. The Morgan fingerprint density at radius 3 is 2.21 bits per heavy atom. The van der Waals surface area contributed by atoms with Crippen LogP contribution in [0.15, 0.2) is 18.2 Å². The maximum absolute atomic E-state index is 11.1. The number of carboxylic acids is 3. The number of aryl methyl sites for hydroxylation is 1. The molecule has 3 N–H and O–H groups in total. The molecule has 0 aliphatic rings. The molecular formula is C13H14O6. The van der Waals surface area contributed by atoms with Gasteiger partial charge in [0.05, 0.1) is 12.0 Å². The Morgan fingerprint density at radius 2 is 1.68 bits per heavy atom. The highest BCUT2D eigenvalue weighted by Crippen LogP contribution is 2.18. The first-order valence-electron chi connectivity index (χ1n) is 5.69. The van der Waals surface area contributed by atoms with Crippen LogP contribution in [-0.4, -0.2) is 33.2 Å². The second-order valence-electron chi connectivity index (χ2n) is 4.07. The van der Waals surface area contributed by atoms with Gasteiger partial charge in [0.25, 0.3) is 0 Å². The number of benzene rings is 1. The lowest BCUT2D eigenvalue weighted by Gasteiger charge is -2.10. The summed E-state index contributed by atoms with van der Waals surface area (Å²) in [4.78, 5) is 32.3. The highest BCUT2D eigenvalue weighted by molar-refractivity contribution is 5.91. The van der Waals surface area contributed by atoms with Crippen LogP contribution >= 0.6 is 0 Å². The lowest BCUT2D eigenvalue weighted by molar-refractivity contribution is -0.137. The molecule has 0 atom stereocenters. The lowest BCUT2D eigenvalue weighted by Crippen LogP contribution is -2.11. The van der Waals surface area contributed by atoms with Crippen molar-refractivity contribution in [1.29, 1.82) is 0 Å².